The lowest BCUT2D eigenvalue weighted by atomic mass is 9.91. The highest BCUT2D eigenvalue weighted by Crippen LogP contribution is 2.30. The molecule has 3 rings (SSSR count). The molecule has 0 bridgehead atoms. The van der Waals surface area contributed by atoms with Crippen LogP contribution in [0.15, 0.2) is 28.8 Å². The van der Waals surface area contributed by atoms with Gasteiger partial charge in [-0.15, -0.1) is 0 Å². The number of benzene rings is 1. The Morgan fingerprint density at radius 2 is 2.00 bits per heavy atom. The minimum atomic E-state index is -0.370. The first-order chi connectivity index (χ1) is 11.9. The Bertz CT molecular complexity index is 731. The minimum absolute atomic E-state index is 0.0968. The van der Waals surface area contributed by atoms with Crippen molar-refractivity contribution in [1.29, 1.82) is 0 Å². The lowest BCUT2D eigenvalue weighted by Crippen LogP contribution is -2.44. The van der Waals surface area contributed by atoms with Crippen molar-refractivity contribution in [3.05, 3.63) is 30.2 Å². The van der Waals surface area contributed by atoms with Gasteiger partial charge >= 0.3 is 0 Å². The van der Waals surface area contributed by atoms with Gasteiger partial charge in [0, 0.05) is 24.1 Å². The first-order valence-corrected chi connectivity index (χ1v) is 8.66. The van der Waals surface area contributed by atoms with Crippen molar-refractivity contribution >= 4 is 5.91 Å². The van der Waals surface area contributed by atoms with Crippen LogP contribution in [0.3, 0.4) is 0 Å². The maximum Gasteiger partial charge on any atom is 0.231 e. The lowest BCUT2D eigenvalue weighted by Gasteiger charge is -2.35. The van der Waals surface area contributed by atoms with Gasteiger partial charge in [-0.2, -0.15) is 4.98 Å². The van der Waals surface area contributed by atoms with Gasteiger partial charge in [-0.1, -0.05) is 25.9 Å². The molecule has 1 atom stereocenters. The standard InChI is InChI=1S/C19H25N3O3/c1-19(2,3)18(23)22-11-5-6-14(12-22)17-20-16(21-25-17)13-7-9-15(24-4)10-8-13/h7-10,14H,5-6,11-12H2,1-4H3. The molecule has 0 aliphatic carbocycles. The van der Waals surface area contributed by atoms with Gasteiger partial charge in [0.15, 0.2) is 0 Å². The van der Waals surface area contributed by atoms with Gasteiger partial charge in [0.1, 0.15) is 5.75 Å². The highest BCUT2D eigenvalue weighted by Gasteiger charge is 2.33. The van der Waals surface area contributed by atoms with Crippen molar-refractivity contribution in [3.63, 3.8) is 0 Å². The molecule has 0 N–H and O–H groups in total. The quantitative estimate of drug-likeness (QED) is 0.853. The number of nitrogens with zero attached hydrogens (tertiary/aromatic N) is 3. The highest BCUT2D eigenvalue weighted by atomic mass is 16.5. The third-order valence-corrected chi connectivity index (χ3v) is 4.49. The second-order valence-electron chi connectivity index (χ2n) is 7.53. The number of aromatic nitrogens is 2. The summed E-state index contributed by atoms with van der Waals surface area (Å²) in [5.74, 6) is 2.23. The maximum absolute atomic E-state index is 12.5. The first-order valence-electron chi connectivity index (χ1n) is 8.66. The zero-order valence-corrected chi connectivity index (χ0v) is 15.3. The number of rotatable bonds is 3. The number of methoxy groups -OCH3 is 1. The molecule has 1 fully saturated rings. The first kappa shape index (κ1) is 17.5. The lowest BCUT2D eigenvalue weighted by molar-refractivity contribution is -0.140. The Morgan fingerprint density at radius 3 is 2.64 bits per heavy atom. The summed E-state index contributed by atoms with van der Waals surface area (Å²) in [5.41, 5.74) is 0.513. The van der Waals surface area contributed by atoms with Crippen LogP contribution >= 0.6 is 0 Å². The predicted octanol–water partition coefficient (Wildman–Crippen LogP) is 3.50. The van der Waals surface area contributed by atoms with E-state index >= 15 is 0 Å². The Hall–Kier alpha value is -2.37. The highest BCUT2D eigenvalue weighted by molar-refractivity contribution is 5.81. The van der Waals surface area contributed by atoms with E-state index in [-0.39, 0.29) is 17.2 Å². The molecule has 1 saturated heterocycles. The van der Waals surface area contributed by atoms with Crippen molar-refractivity contribution in [3.8, 4) is 17.1 Å². The topological polar surface area (TPSA) is 68.5 Å². The monoisotopic (exact) mass is 343 g/mol. The molecule has 0 spiro atoms. The van der Waals surface area contributed by atoms with E-state index in [1.807, 2.05) is 49.9 Å². The van der Waals surface area contributed by atoms with Crippen LogP contribution in [-0.2, 0) is 4.79 Å². The molecule has 1 unspecified atom stereocenters. The number of carbonyl (C=O) groups excluding carboxylic acids is 1. The van der Waals surface area contributed by atoms with E-state index in [0.717, 1.165) is 30.7 Å². The fourth-order valence-electron chi connectivity index (χ4n) is 3.10. The SMILES string of the molecule is COc1ccc(-c2noc(C3CCCN(C(=O)C(C)(C)C)C3)n2)cc1. The van der Waals surface area contributed by atoms with Crippen LogP contribution in [0.1, 0.15) is 45.4 Å². The van der Waals surface area contributed by atoms with Crippen LogP contribution in [0.25, 0.3) is 11.4 Å². The normalized spacial score (nSPS) is 18.2. The summed E-state index contributed by atoms with van der Waals surface area (Å²) in [5, 5.41) is 4.11. The molecule has 2 heterocycles. The Balaban J connectivity index is 1.74. The van der Waals surface area contributed by atoms with E-state index in [4.69, 9.17) is 9.26 Å². The molecule has 1 aliphatic heterocycles. The predicted molar refractivity (Wildman–Crippen MR) is 94.3 cm³/mol. The molecule has 0 radical (unpaired) electrons. The van der Waals surface area contributed by atoms with Gasteiger partial charge in [-0.25, -0.2) is 0 Å². The number of carbonyl (C=O) groups is 1. The van der Waals surface area contributed by atoms with E-state index in [2.05, 4.69) is 10.1 Å². The number of hydrogen-bond donors (Lipinski definition) is 0. The Labute approximate surface area is 148 Å². The number of ether oxygens (including phenoxy) is 1. The summed E-state index contributed by atoms with van der Waals surface area (Å²) in [6.07, 6.45) is 1.91. The summed E-state index contributed by atoms with van der Waals surface area (Å²) in [7, 11) is 1.63. The average Bonchev–Trinajstić information content (AvgIpc) is 3.10. The zero-order valence-electron chi connectivity index (χ0n) is 15.3. The fourth-order valence-corrected chi connectivity index (χ4v) is 3.10. The second-order valence-corrected chi connectivity index (χ2v) is 7.53. The second kappa shape index (κ2) is 6.86. The van der Waals surface area contributed by atoms with Gasteiger partial charge in [0.25, 0.3) is 0 Å². The molecular formula is C19H25N3O3. The minimum Gasteiger partial charge on any atom is -0.497 e. The number of amides is 1. The van der Waals surface area contributed by atoms with Gasteiger partial charge in [-0.05, 0) is 37.1 Å². The summed E-state index contributed by atoms with van der Waals surface area (Å²) < 4.78 is 10.7. The van der Waals surface area contributed by atoms with E-state index in [1.54, 1.807) is 7.11 Å². The number of likely N-dealkylation sites (tertiary alicyclic amines) is 1. The summed E-state index contributed by atoms with van der Waals surface area (Å²) >= 11 is 0. The van der Waals surface area contributed by atoms with E-state index in [1.165, 1.54) is 0 Å². The summed E-state index contributed by atoms with van der Waals surface area (Å²) in [6, 6.07) is 7.55. The van der Waals surface area contributed by atoms with Crippen LogP contribution in [0, 0.1) is 5.41 Å². The zero-order chi connectivity index (χ0) is 18.0. The molecule has 6 heteroatoms. The Morgan fingerprint density at radius 1 is 1.28 bits per heavy atom. The number of hydrogen-bond acceptors (Lipinski definition) is 5. The molecule has 1 aliphatic rings. The molecule has 25 heavy (non-hydrogen) atoms. The van der Waals surface area contributed by atoms with Crippen LogP contribution < -0.4 is 4.74 Å². The Kier molecular flexibility index (Phi) is 4.79. The molecule has 1 aromatic carbocycles. The van der Waals surface area contributed by atoms with Gasteiger partial charge < -0.3 is 14.2 Å². The largest absolute Gasteiger partial charge is 0.497 e. The van der Waals surface area contributed by atoms with Gasteiger partial charge in [0.05, 0.1) is 13.0 Å². The van der Waals surface area contributed by atoms with Crippen LogP contribution in [0.2, 0.25) is 0 Å². The fraction of sp³-hybridized carbons (Fsp3) is 0.526. The van der Waals surface area contributed by atoms with Crippen LogP contribution in [0.4, 0.5) is 0 Å². The molecule has 1 amide bonds. The third-order valence-electron chi connectivity index (χ3n) is 4.49. The molecule has 2 aromatic rings. The van der Waals surface area contributed by atoms with Crippen LogP contribution in [0.5, 0.6) is 5.75 Å². The summed E-state index contributed by atoms with van der Waals surface area (Å²) in [4.78, 5) is 19.0. The molecule has 1 aromatic heterocycles. The molecule has 134 valence electrons. The van der Waals surface area contributed by atoms with Crippen molar-refractivity contribution < 1.29 is 14.1 Å². The molecule has 0 saturated carbocycles. The maximum atomic E-state index is 12.5. The average molecular weight is 343 g/mol. The third kappa shape index (κ3) is 3.83. The van der Waals surface area contributed by atoms with Crippen molar-refractivity contribution in [2.75, 3.05) is 20.2 Å². The van der Waals surface area contributed by atoms with E-state index < -0.39 is 0 Å². The van der Waals surface area contributed by atoms with Gasteiger partial charge in [-0.3, -0.25) is 4.79 Å². The van der Waals surface area contributed by atoms with Crippen LogP contribution in [-0.4, -0.2) is 41.1 Å². The van der Waals surface area contributed by atoms with E-state index in [0.29, 0.717) is 18.3 Å². The van der Waals surface area contributed by atoms with Crippen molar-refractivity contribution in [2.45, 2.75) is 39.5 Å². The smallest absolute Gasteiger partial charge is 0.231 e. The van der Waals surface area contributed by atoms with Crippen molar-refractivity contribution in [2.24, 2.45) is 5.41 Å². The van der Waals surface area contributed by atoms with Gasteiger partial charge in [0.2, 0.25) is 17.6 Å². The molecular weight excluding hydrogens is 318 g/mol. The molecule has 6 nitrogen and oxygen atoms in total. The summed E-state index contributed by atoms with van der Waals surface area (Å²) in [6.45, 7) is 7.29. The number of piperidine rings is 1. The van der Waals surface area contributed by atoms with E-state index in [9.17, 15) is 4.79 Å². The van der Waals surface area contributed by atoms with Crippen molar-refractivity contribution in [1.82, 2.24) is 15.0 Å².